The molecule has 0 amide bonds. The molecule has 1 aliphatic rings. The first-order valence-electron chi connectivity index (χ1n) is 10.8. The minimum atomic E-state index is -0.374. The zero-order valence-electron chi connectivity index (χ0n) is 17.9. The normalized spacial score (nSPS) is 14.5. The molecule has 1 N–H and O–H groups in total. The van der Waals surface area contributed by atoms with E-state index in [1.807, 2.05) is 12.1 Å². The summed E-state index contributed by atoms with van der Waals surface area (Å²) in [4.78, 5) is 9.18. The Morgan fingerprint density at radius 3 is 2.12 bits per heavy atom. The number of anilines is 1. The predicted molar refractivity (Wildman–Crippen MR) is 123 cm³/mol. The second kappa shape index (κ2) is 9.03. The number of phenols is 1. The molecule has 168 valence electrons. The van der Waals surface area contributed by atoms with Crippen LogP contribution in [0.3, 0.4) is 0 Å². The summed E-state index contributed by atoms with van der Waals surface area (Å²) in [7, 11) is 0. The van der Waals surface area contributed by atoms with Crippen molar-refractivity contribution in [2.24, 2.45) is 0 Å². The van der Waals surface area contributed by atoms with Crippen LogP contribution in [0, 0.1) is 11.6 Å². The van der Waals surface area contributed by atoms with Gasteiger partial charge in [-0.15, -0.1) is 0 Å². The zero-order valence-corrected chi connectivity index (χ0v) is 17.9. The van der Waals surface area contributed by atoms with E-state index in [1.165, 1.54) is 24.3 Å². The maximum atomic E-state index is 13.9. The van der Waals surface area contributed by atoms with Crippen molar-refractivity contribution in [2.45, 2.75) is 6.54 Å². The smallest absolute Gasteiger partial charge is 0.209 e. The fraction of sp³-hybridized carbons (Fsp3) is 0.192. The zero-order chi connectivity index (χ0) is 22.8. The van der Waals surface area contributed by atoms with E-state index in [2.05, 4.69) is 14.8 Å². The molecular weight excluding hydrogens is 424 g/mol. The van der Waals surface area contributed by atoms with Crippen LogP contribution >= 0.6 is 0 Å². The Kier molecular flexibility index (Phi) is 5.79. The third kappa shape index (κ3) is 4.73. The maximum Gasteiger partial charge on any atom is 0.209 e. The third-order valence-electron chi connectivity index (χ3n) is 5.80. The summed E-state index contributed by atoms with van der Waals surface area (Å²) in [6, 6.07) is 19.5. The first kappa shape index (κ1) is 21.2. The van der Waals surface area contributed by atoms with Crippen molar-refractivity contribution in [1.82, 2.24) is 9.88 Å². The lowest BCUT2D eigenvalue weighted by Gasteiger charge is -2.35. The molecule has 0 unspecified atom stereocenters. The lowest BCUT2D eigenvalue weighted by atomic mass is 10.1. The van der Waals surface area contributed by atoms with Gasteiger partial charge in [0.25, 0.3) is 0 Å². The number of benzene rings is 3. The van der Waals surface area contributed by atoms with Gasteiger partial charge in [0.2, 0.25) is 5.89 Å². The number of hydrogen-bond donors (Lipinski definition) is 1. The highest BCUT2D eigenvalue weighted by molar-refractivity contribution is 5.76. The van der Waals surface area contributed by atoms with E-state index in [9.17, 15) is 13.9 Å². The molecule has 7 heteroatoms. The highest BCUT2D eigenvalue weighted by Crippen LogP contribution is 2.34. The highest BCUT2D eigenvalue weighted by Gasteiger charge is 2.22. The molecule has 0 spiro atoms. The van der Waals surface area contributed by atoms with Crippen molar-refractivity contribution in [3.8, 4) is 28.3 Å². The van der Waals surface area contributed by atoms with E-state index < -0.39 is 0 Å². The molecule has 5 nitrogen and oxygen atoms in total. The quantitative estimate of drug-likeness (QED) is 0.449. The van der Waals surface area contributed by atoms with Crippen LogP contribution in [0.4, 0.5) is 14.5 Å². The van der Waals surface area contributed by atoms with Gasteiger partial charge in [-0.05, 0) is 48.5 Å². The van der Waals surface area contributed by atoms with Crippen molar-refractivity contribution >= 4 is 5.69 Å². The summed E-state index contributed by atoms with van der Waals surface area (Å²) in [5, 5.41) is 9.49. The van der Waals surface area contributed by atoms with Gasteiger partial charge >= 0.3 is 0 Å². The Labute approximate surface area is 190 Å². The molecule has 0 bridgehead atoms. The summed E-state index contributed by atoms with van der Waals surface area (Å²) < 4.78 is 33.9. The van der Waals surface area contributed by atoms with Crippen LogP contribution < -0.4 is 4.90 Å². The van der Waals surface area contributed by atoms with Crippen molar-refractivity contribution in [3.63, 3.8) is 0 Å². The maximum absolute atomic E-state index is 13.9. The van der Waals surface area contributed by atoms with Gasteiger partial charge in [0.05, 0.1) is 6.54 Å². The number of piperazine rings is 1. The minimum Gasteiger partial charge on any atom is -0.508 e. The van der Waals surface area contributed by atoms with E-state index >= 15 is 0 Å². The SMILES string of the molecule is Oc1ccc(N2CCN(Cc3nc(-c4cccc(F)c4)c(-c4cccc(F)c4)o3)CC2)cc1. The van der Waals surface area contributed by atoms with Crippen molar-refractivity contribution in [3.05, 3.63) is 90.3 Å². The third-order valence-corrected chi connectivity index (χ3v) is 5.80. The molecular formula is C26H23F2N3O2. The Bertz CT molecular complexity index is 1190. The molecule has 0 radical (unpaired) electrons. The van der Waals surface area contributed by atoms with E-state index in [-0.39, 0.29) is 17.4 Å². The van der Waals surface area contributed by atoms with Crippen molar-refractivity contribution in [1.29, 1.82) is 0 Å². The van der Waals surface area contributed by atoms with Crippen LogP contribution in [0.25, 0.3) is 22.6 Å². The van der Waals surface area contributed by atoms with Gasteiger partial charge in [-0.1, -0.05) is 24.3 Å². The summed E-state index contributed by atoms with van der Waals surface area (Å²) in [6.45, 7) is 3.79. The lowest BCUT2D eigenvalue weighted by molar-refractivity contribution is 0.227. The minimum absolute atomic E-state index is 0.254. The van der Waals surface area contributed by atoms with Crippen molar-refractivity contribution in [2.75, 3.05) is 31.1 Å². The van der Waals surface area contributed by atoms with Gasteiger partial charge in [0.15, 0.2) is 5.76 Å². The van der Waals surface area contributed by atoms with Crippen LogP contribution in [-0.2, 0) is 6.54 Å². The molecule has 5 rings (SSSR count). The number of aromatic hydroxyl groups is 1. The predicted octanol–water partition coefficient (Wildman–Crippen LogP) is 5.31. The molecule has 33 heavy (non-hydrogen) atoms. The first-order valence-corrected chi connectivity index (χ1v) is 10.8. The molecule has 1 saturated heterocycles. The van der Waals surface area contributed by atoms with E-state index in [0.717, 1.165) is 31.9 Å². The largest absolute Gasteiger partial charge is 0.508 e. The summed E-state index contributed by atoms with van der Waals surface area (Å²) in [5.74, 6) is 0.447. The lowest BCUT2D eigenvalue weighted by Crippen LogP contribution is -2.46. The van der Waals surface area contributed by atoms with Gasteiger partial charge in [-0.2, -0.15) is 0 Å². The number of hydrogen-bond acceptors (Lipinski definition) is 5. The summed E-state index contributed by atoms with van der Waals surface area (Å²) in [6.07, 6.45) is 0. The molecule has 1 fully saturated rings. The molecule has 4 aromatic rings. The summed E-state index contributed by atoms with van der Waals surface area (Å²) >= 11 is 0. The second-order valence-electron chi connectivity index (χ2n) is 8.09. The molecule has 1 aromatic heterocycles. The Hall–Kier alpha value is -3.71. The number of phenolic OH excluding ortho intramolecular Hbond substituents is 1. The van der Waals surface area contributed by atoms with Crippen LogP contribution in [-0.4, -0.2) is 41.2 Å². The Morgan fingerprint density at radius 1 is 0.818 bits per heavy atom. The monoisotopic (exact) mass is 447 g/mol. The van der Waals surface area contributed by atoms with Crippen LogP contribution in [0.1, 0.15) is 5.89 Å². The van der Waals surface area contributed by atoms with Gasteiger partial charge in [-0.25, -0.2) is 13.8 Å². The van der Waals surface area contributed by atoms with Gasteiger partial charge in [0.1, 0.15) is 23.1 Å². The number of rotatable bonds is 5. The van der Waals surface area contributed by atoms with E-state index in [0.29, 0.717) is 35.0 Å². The number of nitrogens with zero attached hydrogens (tertiary/aromatic N) is 3. The van der Waals surface area contributed by atoms with Crippen LogP contribution in [0.5, 0.6) is 5.75 Å². The second-order valence-corrected chi connectivity index (χ2v) is 8.09. The van der Waals surface area contributed by atoms with E-state index in [1.54, 1.807) is 36.4 Å². The topological polar surface area (TPSA) is 52.7 Å². The van der Waals surface area contributed by atoms with Gasteiger partial charge in [-0.3, -0.25) is 4.90 Å². The molecule has 2 heterocycles. The number of halogens is 2. The number of aromatic nitrogens is 1. The average molecular weight is 447 g/mol. The van der Waals surface area contributed by atoms with Crippen LogP contribution in [0.15, 0.2) is 77.2 Å². The average Bonchev–Trinajstić information content (AvgIpc) is 3.24. The molecule has 3 aromatic carbocycles. The fourth-order valence-corrected chi connectivity index (χ4v) is 4.11. The molecule has 0 saturated carbocycles. The molecule has 0 atom stereocenters. The molecule has 0 aliphatic carbocycles. The standard InChI is InChI=1S/C26H23F2N3O2/c27-20-5-1-3-18(15-20)25-26(19-4-2-6-21(28)16-19)33-24(29-25)17-30-11-13-31(14-12-30)22-7-9-23(32)10-8-22/h1-10,15-16,32H,11-14,17H2. The Morgan fingerprint density at radius 2 is 1.45 bits per heavy atom. The van der Waals surface area contributed by atoms with Gasteiger partial charge in [0, 0.05) is 43.0 Å². The highest BCUT2D eigenvalue weighted by atomic mass is 19.1. The Balaban J connectivity index is 1.37. The van der Waals surface area contributed by atoms with Crippen molar-refractivity contribution < 1.29 is 18.3 Å². The number of oxazole rings is 1. The first-order chi connectivity index (χ1) is 16.0. The fourth-order valence-electron chi connectivity index (χ4n) is 4.11. The molecule has 1 aliphatic heterocycles. The van der Waals surface area contributed by atoms with Crippen LogP contribution in [0.2, 0.25) is 0 Å². The van der Waals surface area contributed by atoms with E-state index in [4.69, 9.17) is 4.42 Å². The summed E-state index contributed by atoms with van der Waals surface area (Å²) in [5.41, 5.74) is 2.72. The van der Waals surface area contributed by atoms with Gasteiger partial charge < -0.3 is 14.4 Å².